The highest BCUT2D eigenvalue weighted by molar-refractivity contribution is 7.98. The quantitative estimate of drug-likeness (QED) is 0.403. The number of aromatic amines is 1. The van der Waals surface area contributed by atoms with E-state index in [2.05, 4.69) is 20.6 Å². The first-order valence-corrected chi connectivity index (χ1v) is 11.0. The van der Waals surface area contributed by atoms with E-state index in [-0.39, 0.29) is 28.8 Å². The monoisotopic (exact) mass is 452 g/mol. The Labute approximate surface area is 187 Å². The molecule has 0 radical (unpaired) electrons. The smallest absolute Gasteiger partial charge is 0.257 e. The van der Waals surface area contributed by atoms with E-state index in [1.165, 1.54) is 23.9 Å². The number of anilines is 2. The summed E-state index contributed by atoms with van der Waals surface area (Å²) in [5.41, 5.74) is 2.94. The minimum atomic E-state index is -0.960. The van der Waals surface area contributed by atoms with Crippen LogP contribution in [0.1, 0.15) is 34.6 Å². The summed E-state index contributed by atoms with van der Waals surface area (Å²) < 4.78 is 13.4. The molecular weight excluding hydrogens is 431 g/mol. The maximum Gasteiger partial charge on any atom is 0.257 e. The van der Waals surface area contributed by atoms with E-state index in [4.69, 9.17) is 0 Å². The zero-order valence-corrected chi connectivity index (χ0v) is 18.3. The van der Waals surface area contributed by atoms with Gasteiger partial charge in [0, 0.05) is 17.9 Å². The molecule has 3 aromatic rings. The van der Waals surface area contributed by atoms with Crippen LogP contribution in [0.4, 0.5) is 15.9 Å². The molecule has 9 heteroatoms. The number of hydrogen-bond acceptors (Lipinski definition) is 5. The zero-order chi connectivity index (χ0) is 22.8. The Morgan fingerprint density at radius 1 is 1.22 bits per heavy atom. The maximum atomic E-state index is 13.4. The number of thioether (sulfide) groups is 1. The summed E-state index contributed by atoms with van der Waals surface area (Å²) in [4.78, 5) is 45.1. The van der Waals surface area contributed by atoms with E-state index < -0.39 is 23.3 Å². The van der Waals surface area contributed by atoms with E-state index in [0.29, 0.717) is 11.4 Å². The Morgan fingerprint density at radius 3 is 2.78 bits per heavy atom. The lowest BCUT2D eigenvalue weighted by molar-refractivity contribution is -0.123. The third-order valence-corrected chi connectivity index (χ3v) is 6.09. The zero-order valence-electron chi connectivity index (χ0n) is 17.5. The van der Waals surface area contributed by atoms with Crippen LogP contribution in [0.25, 0.3) is 0 Å². The van der Waals surface area contributed by atoms with Crippen LogP contribution in [-0.4, -0.2) is 21.8 Å². The van der Waals surface area contributed by atoms with Crippen LogP contribution in [0.3, 0.4) is 0 Å². The van der Waals surface area contributed by atoms with Crippen molar-refractivity contribution in [2.45, 2.75) is 37.1 Å². The maximum absolute atomic E-state index is 13.4. The molecule has 0 saturated heterocycles. The Hall–Kier alpha value is -3.46. The molecule has 1 unspecified atom stereocenters. The molecule has 32 heavy (non-hydrogen) atoms. The number of aromatic nitrogens is 2. The van der Waals surface area contributed by atoms with E-state index in [9.17, 15) is 18.8 Å². The Morgan fingerprint density at radius 2 is 2.03 bits per heavy atom. The van der Waals surface area contributed by atoms with Crippen molar-refractivity contribution in [2.75, 3.05) is 10.6 Å². The second-order valence-corrected chi connectivity index (χ2v) is 8.63. The van der Waals surface area contributed by atoms with Gasteiger partial charge in [-0.2, -0.15) is 0 Å². The summed E-state index contributed by atoms with van der Waals surface area (Å²) in [6.45, 7) is 3.83. The molecule has 0 saturated carbocycles. The molecule has 2 aromatic carbocycles. The van der Waals surface area contributed by atoms with Crippen molar-refractivity contribution >= 4 is 35.1 Å². The average molecular weight is 453 g/mol. The molecule has 0 aliphatic carbocycles. The van der Waals surface area contributed by atoms with Crippen molar-refractivity contribution in [2.24, 2.45) is 0 Å². The molecule has 0 bridgehead atoms. The molecule has 4 rings (SSSR count). The molecule has 1 aliphatic heterocycles. The van der Waals surface area contributed by atoms with Crippen LogP contribution in [0.5, 0.6) is 0 Å². The predicted octanol–water partition coefficient (Wildman–Crippen LogP) is 3.88. The average Bonchev–Trinajstić information content (AvgIpc) is 2.73. The molecule has 7 nitrogen and oxygen atoms in total. The summed E-state index contributed by atoms with van der Waals surface area (Å²) in [6, 6.07) is 11.7. The topological polar surface area (TPSA) is 104 Å². The van der Waals surface area contributed by atoms with Gasteiger partial charge in [-0.3, -0.25) is 14.4 Å². The SMILES string of the molecule is Cc1ccc(NC(=O)C2CC(=O)Nc3nc(SCc4cccc(F)c4)[nH]c(=O)c32)c(C)c1. The number of benzene rings is 2. The fourth-order valence-corrected chi connectivity index (χ4v) is 4.40. The molecule has 1 aromatic heterocycles. The lowest BCUT2D eigenvalue weighted by atomic mass is 9.92. The van der Waals surface area contributed by atoms with Crippen LogP contribution >= 0.6 is 11.8 Å². The van der Waals surface area contributed by atoms with Gasteiger partial charge in [0.15, 0.2) is 5.16 Å². The number of rotatable bonds is 5. The number of halogens is 1. The molecule has 3 N–H and O–H groups in total. The summed E-state index contributed by atoms with van der Waals surface area (Å²) in [6.07, 6.45) is -0.149. The number of hydrogen-bond donors (Lipinski definition) is 3. The van der Waals surface area contributed by atoms with Gasteiger partial charge < -0.3 is 15.6 Å². The van der Waals surface area contributed by atoms with Crippen molar-refractivity contribution in [1.29, 1.82) is 0 Å². The molecule has 0 fully saturated rings. The van der Waals surface area contributed by atoms with E-state index in [1.54, 1.807) is 18.2 Å². The van der Waals surface area contributed by atoms with Gasteiger partial charge >= 0.3 is 0 Å². The van der Waals surface area contributed by atoms with Crippen molar-refractivity contribution in [3.63, 3.8) is 0 Å². The van der Waals surface area contributed by atoms with Gasteiger partial charge in [0.2, 0.25) is 11.8 Å². The lowest BCUT2D eigenvalue weighted by Crippen LogP contribution is -2.36. The Kier molecular flexibility index (Phi) is 6.09. The Bertz CT molecular complexity index is 1270. The number of aryl methyl sites for hydroxylation is 2. The van der Waals surface area contributed by atoms with Crippen LogP contribution in [0, 0.1) is 19.7 Å². The first-order chi connectivity index (χ1) is 15.3. The minimum Gasteiger partial charge on any atom is -0.325 e. The van der Waals surface area contributed by atoms with Gasteiger partial charge in [0.05, 0.1) is 11.5 Å². The standard InChI is InChI=1S/C23H21FN4O3S/c1-12-6-7-17(13(2)8-12)25-21(30)16-10-18(29)26-20-19(16)22(31)28-23(27-20)32-11-14-4-3-5-15(24)9-14/h3-9,16H,10-11H2,1-2H3,(H,25,30)(H2,26,27,28,29,31). The van der Waals surface area contributed by atoms with Gasteiger partial charge in [-0.15, -0.1) is 0 Å². The fourth-order valence-electron chi connectivity index (χ4n) is 3.60. The third-order valence-electron chi connectivity index (χ3n) is 5.15. The highest BCUT2D eigenvalue weighted by atomic mass is 32.2. The summed E-state index contributed by atoms with van der Waals surface area (Å²) in [5.74, 6) is -1.69. The molecule has 0 spiro atoms. The van der Waals surface area contributed by atoms with Gasteiger partial charge in [-0.05, 0) is 43.2 Å². The number of H-pyrrole nitrogens is 1. The van der Waals surface area contributed by atoms with Crippen LogP contribution in [0.15, 0.2) is 52.4 Å². The first-order valence-electron chi connectivity index (χ1n) is 9.99. The number of carbonyl (C=O) groups excluding carboxylic acids is 2. The second kappa shape index (κ2) is 8.96. The van der Waals surface area contributed by atoms with Gasteiger partial charge in [0.25, 0.3) is 5.56 Å². The van der Waals surface area contributed by atoms with E-state index in [0.717, 1.165) is 16.7 Å². The van der Waals surface area contributed by atoms with Crippen LogP contribution in [0.2, 0.25) is 0 Å². The van der Waals surface area contributed by atoms with Crippen LogP contribution < -0.4 is 16.2 Å². The largest absolute Gasteiger partial charge is 0.325 e. The van der Waals surface area contributed by atoms with Crippen molar-refractivity contribution in [1.82, 2.24) is 9.97 Å². The molecule has 2 amide bonds. The molecular formula is C23H21FN4O3S. The van der Waals surface area contributed by atoms with E-state index in [1.807, 2.05) is 26.0 Å². The number of amides is 2. The predicted molar refractivity (Wildman–Crippen MR) is 121 cm³/mol. The van der Waals surface area contributed by atoms with Crippen molar-refractivity contribution in [3.8, 4) is 0 Å². The summed E-state index contributed by atoms with van der Waals surface area (Å²) in [7, 11) is 0. The number of carbonyl (C=O) groups is 2. The van der Waals surface area contributed by atoms with E-state index >= 15 is 0 Å². The second-order valence-electron chi connectivity index (χ2n) is 7.66. The highest BCUT2D eigenvalue weighted by Crippen LogP contribution is 2.31. The Balaban J connectivity index is 1.58. The van der Waals surface area contributed by atoms with Gasteiger partial charge in [-0.25, -0.2) is 9.37 Å². The van der Waals surface area contributed by atoms with Gasteiger partial charge in [-0.1, -0.05) is 41.6 Å². The first kappa shape index (κ1) is 21.8. The molecule has 1 aliphatic rings. The fraction of sp³-hybridized carbons (Fsp3) is 0.217. The van der Waals surface area contributed by atoms with Gasteiger partial charge in [0.1, 0.15) is 11.6 Å². The van der Waals surface area contributed by atoms with Crippen molar-refractivity contribution < 1.29 is 14.0 Å². The van der Waals surface area contributed by atoms with Crippen molar-refractivity contribution in [3.05, 3.63) is 80.9 Å². The summed E-state index contributed by atoms with van der Waals surface area (Å²) in [5, 5.41) is 5.69. The molecule has 1 atom stereocenters. The minimum absolute atomic E-state index is 0.0764. The normalized spacial score (nSPS) is 15.1. The highest BCUT2D eigenvalue weighted by Gasteiger charge is 2.35. The van der Waals surface area contributed by atoms with Crippen LogP contribution in [-0.2, 0) is 15.3 Å². The summed E-state index contributed by atoms with van der Waals surface area (Å²) >= 11 is 1.20. The molecule has 2 heterocycles. The number of nitrogens with one attached hydrogen (secondary N) is 3. The number of nitrogens with zero attached hydrogens (tertiary/aromatic N) is 1. The lowest BCUT2D eigenvalue weighted by Gasteiger charge is -2.24. The molecule has 164 valence electrons. The third kappa shape index (κ3) is 4.72. The number of fused-ring (bicyclic) bond motifs is 1.